The Bertz CT molecular complexity index is 1150. The van der Waals surface area contributed by atoms with Crippen LogP contribution in [-0.2, 0) is 21.4 Å². The summed E-state index contributed by atoms with van der Waals surface area (Å²) in [6, 6.07) is 13.2. The van der Waals surface area contributed by atoms with Gasteiger partial charge in [-0.15, -0.1) is 5.10 Å². The van der Waals surface area contributed by atoms with Gasteiger partial charge in [-0.25, -0.2) is 17.5 Å². The summed E-state index contributed by atoms with van der Waals surface area (Å²) in [6.45, 7) is -0.227. The molecule has 0 aliphatic carbocycles. The average molecular weight is 446 g/mol. The molecule has 1 aromatic heterocycles. The van der Waals surface area contributed by atoms with Gasteiger partial charge in [-0.05, 0) is 40.8 Å². The topological polar surface area (TPSA) is 140 Å². The number of hydrogen-bond acceptors (Lipinski definition) is 9. The van der Waals surface area contributed by atoms with Crippen molar-refractivity contribution in [3.63, 3.8) is 0 Å². The molecular formula is C19H22N6O5S. The molecular weight excluding hydrogens is 424 g/mol. The van der Waals surface area contributed by atoms with Gasteiger partial charge in [0.15, 0.2) is 12.4 Å². The molecule has 0 spiro atoms. The molecule has 2 N–H and O–H groups in total. The number of rotatable bonds is 9. The van der Waals surface area contributed by atoms with Gasteiger partial charge in [0.1, 0.15) is 0 Å². The van der Waals surface area contributed by atoms with Crippen LogP contribution in [0.2, 0.25) is 0 Å². The van der Waals surface area contributed by atoms with E-state index in [0.717, 1.165) is 4.31 Å². The second kappa shape index (κ2) is 9.64. The van der Waals surface area contributed by atoms with E-state index in [0.29, 0.717) is 17.2 Å². The molecule has 0 unspecified atom stereocenters. The molecule has 11 nitrogen and oxygen atoms in total. The van der Waals surface area contributed by atoms with E-state index >= 15 is 0 Å². The van der Waals surface area contributed by atoms with Crippen LogP contribution >= 0.6 is 0 Å². The first-order valence-corrected chi connectivity index (χ1v) is 10.7. The number of esters is 1. The number of carbonyl (C=O) groups is 1. The van der Waals surface area contributed by atoms with E-state index in [1.165, 1.54) is 37.0 Å². The van der Waals surface area contributed by atoms with Crippen molar-refractivity contribution in [2.45, 2.75) is 11.5 Å². The van der Waals surface area contributed by atoms with Gasteiger partial charge in [0.25, 0.3) is 0 Å². The maximum Gasteiger partial charge on any atom is 0.340 e. The van der Waals surface area contributed by atoms with Crippen molar-refractivity contribution in [3.05, 3.63) is 59.9 Å². The highest BCUT2D eigenvalue weighted by Gasteiger charge is 2.22. The summed E-state index contributed by atoms with van der Waals surface area (Å²) in [5.74, 6) is -0.472. The van der Waals surface area contributed by atoms with Crippen LogP contribution in [0.4, 0.5) is 5.69 Å². The first kappa shape index (κ1) is 22.3. The van der Waals surface area contributed by atoms with Crippen LogP contribution in [0.5, 0.6) is 0 Å². The molecule has 0 saturated heterocycles. The van der Waals surface area contributed by atoms with Gasteiger partial charge < -0.3 is 15.2 Å². The lowest BCUT2D eigenvalue weighted by Crippen LogP contribution is -2.23. The molecule has 0 bridgehead atoms. The molecule has 0 atom stereocenters. The second-order valence-electron chi connectivity index (χ2n) is 6.56. The predicted molar refractivity (Wildman–Crippen MR) is 111 cm³/mol. The zero-order valence-electron chi connectivity index (χ0n) is 17.0. The smallest absolute Gasteiger partial charge is 0.340 e. The van der Waals surface area contributed by atoms with E-state index in [1.54, 1.807) is 12.1 Å². The number of nitrogens with zero attached hydrogens (tertiary/aromatic N) is 5. The number of tetrazole rings is 1. The van der Waals surface area contributed by atoms with Crippen molar-refractivity contribution in [3.8, 4) is 5.69 Å². The largest absolute Gasteiger partial charge is 0.454 e. The third-order valence-electron chi connectivity index (χ3n) is 4.28. The standard InChI is InChI=1S/C19H22N6O5S/c1-24(2)31(28,29)15-8-9-17(20-10-11-26)16(12-15)19(27)30-13-18-21-22-23-25(18)14-6-4-3-5-7-14/h3-9,12,20,26H,10-11,13H2,1-2H3. The van der Waals surface area contributed by atoms with Crippen molar-refractivity contribution in [1.29, 1.82) is 0 Å². The van der Waals surface area contributed by atoms with Gasteiger partial charge in [-0.2, -0.15) is 4.68 Å². The van der Waals surface area contributed by atoms with Crippen molar-refractivity contribution >= 4 is 21.7 Å². The molecule has 0 radical (unpaired) electrons. The minimum atomic E-state index is -3.76. The quantitative estimate of drug-likeness (QED) is 0.454. The van der Waals surface area contributed by atoms with Crippen LogP contribution in [0.15, 0.2) is 53.4 Å². The average Bonchev–Trinajstić information content (AvgIpc) is 3.25. The predicted octanol–water partition coefficient (Wildman–Crippen LogP) is 0.674. The van der Waals surface area contributed by atoms with E-state index in [4.69, 9.17) is 9.84 Å². The Kier molecular flexibility index (Phi) is 6.95. The van der Waals surface area contributed by atoms with Crippen LogP contribution in [0.25, 0.3) is 5.69 Å². The Morgan fingerprint density at radius 1 is 1.19 bits per heavy atom. The van der Waals surface area contributed by atoms with E-state index < -0.39 is 16.0 Å². The van der Waals surface area contributed by atoms with E-state index in [1.807, 2.05) is 18.2 Å². The molecule has 0 aliphatic heterocycles. The first-order chi connectivity index (χ1) is 14.8. The molecule has 1 heterocycles. The zero-order chi connectivity index (χ0) is 22.4. The SMILES string of the molecule is CN(C)S(=O)(=O)c1ccc(NCCO)c(C(=O)OCc2nnnn2-c2ccccc2)c1. The number of ether oxygens (including phenoxy) is 1. The van der Waals surface area contributed by atoms with Gasteiger partial charge in [-0.1, -0.05) is 18.2 Å². The van der Waals surface area contributed by atoms with Crippen molar-refractivity contribution in [2.24, 2.45) is 0 Å². The number of aromatic nitrogens is 4. The highest BCUT2D eigenvalue weighted by atomic mass is 32.2. The Labute approximate surface area is 179 Å². The number of benzene rings is 2. The monoisotopic (exact) mass is 446 g/mol. The highest BCUT2D eigenvalue weighted by Crippen LogP contribution is 2.23. The summed E-state index contributed by atoms with van der Waals surface area (Å²) in [6.07, 6.45) is 0. The molecule has 3 aromatic rings. The zero-order valence-corrected chi connectivity index (χ0v) is 17.8. The lowest BCUT2D eigenvalue weighted by Gasteiger charge is -2.15. The summed E-state index contributed by atoms with van der Waals surface area (Å²) < 4.78 is 32.8. The van der Waals surface area contributed by atoms with Crippen LogP contribution < -0.4 is 5.32 Å². The third-order valence-corrected chi connectivity index (χ3v) is 6.10. The van der Waals surface area contributed by atoms with Crippen molar-refractivity contribution in [2.75, 3.05) is 32.6 Å². The van der Waals surface area contributed by atoms with Crippen LogP contribution in [-0.4, -0.2) is 71.3 Å². The van der Waals surface area contributed by atoms with Crippen LogP contribution in [0.1, 0.15) is 16.2 Å². The van der Waals surface area contributed by atoms with E-state index in [2.05, 4.69) is 20.8 Å². The Hall–Kier alpha value is -3.35. The fraction of sp³-hybridized carbons (Fsp3) is 0.263. The number of aliphatic hydroxyl groups excluding tert-OH is 1. The molecule has 164 valence electrons. The Balaban J connectivity index is 1.86. The lowest BCUT2D eigenvalue weighted by atomic mass is 10.2. The molecule has 0 saturated carbocycles. The number of hydrogen-bond donors (Lipinski definition) is 2. The maximum absolute atomic E-state index is 12.8. The maximum atomic E-state index is 12.8. The molecule has 0 amide bonds. The summed E-state index contributed by atoms with van der Waals surface area (Å²) in [5.41, 5.74) is 1.04. The first-order valence-electron chi connectivity index (χ1n) is 9.25. The highest BCUT2D eigenvalue weighted by molar-refractivity contribution is 7.89. The fourth-order valence-electron chi connectivity index (χ4n) is 2.68. The lowest BCUT2D eigenvalue weighted by molar-refractivity contribution is 0.0460. The van der Waals surface area contributed by atoms with Crippen molar-refractivity contribution < 1.29 is 23.1 Å². The van der Waals surface area contributed by atoms with Crippen LogP contribution in [0.3, 0.4) is 0 Å². The second-order valence-corrected chi connectivity index (χ2v) is 8.72. The third kappa shape index (κ3) is 5.05. The van der Waals surface area contributed by atoms with E-state index in [-0.39, 0.29) is 30.2 Å². The summed E-state index contributed by atoms with van der Waals surface area (Å²) in [5, 5.41) is 23.4. The van der Waals surface area contributed by atoms with Gasteiger partial charge in [0.2, 0.25) is 10.0 Å². The van der Waals surface area contributed by atoms with E-state index in [9.17, 15) is 13.2 Å². The Morgan fingerprint density at radius 2 is 1.94 bits per heavy atom. The number of sulfonamides is 1. The normalized spacial score (nSPS) is 11.5. The fourth-order valence-corrected chi connectivity index (χ4v) is 3.61. The molecule has 12 heteroatoms. The minimum absolute atomic E-state index is 0.00936. The van der Waals surface area contributed by atoms with Gasteiger partial charge in [0.05, 0.1) is 22.8 Å². The minimum Gasteiger partial charge on any atom is -0.454 e. The molecule has 31 heavy (non-hydrogen) atoms. The Morgan fingerprint density at radius 3 is 2.61 bits per heavy atom. The summed E-state index contributed by atoms with van der Waals surface area (Å²) in [7, 11) is -0.964. The summed E-state index contributed by atoms with van der Waals surface area (Å²) in [4.78, 5) is 12.7. The van der Waals surface area contributed by atoms with Crippen molar-refractivity contribution in [1.82, 2.24) is 24.5 Å². The van der Waals surface area contributed by atoms with Gasteiger partial charge in [-0.3, -0.25) is 0 Å². The number of nitrogens with one attached hydrogen (secondary N) is 1. The molecule has 0 aliphatic rings. The molecule has 0 fully saturated rings. The summed E-state index contributed by atoms with van der Waals surface area (Å²) >= 11 is 0. The van der Waals surface area contributed by atoms with Gasteiger partial charge in [0, 0.05) is 26.3 Å². The number of carbonyl (C=O) groups excluding carboxylic acids is 1. The molecule has 2 aromatic carbocycles. The van der Waals surface area contributed by atoms with Crippen LogP contribution in [0, 0.1) is 0 Å². The number of para-hydroxylation sites is 1. The van der Waals surface area contributed by atoms with Gasteiger partial charge >= 0.3 is 5.97 Å². The number of aliphatic hydroxyl groups is 1. The molecule has 3 rings (SSSR count). The number of anilines is 1.